The Balaban J connectivity index is 1.46. The number of Topliss-reactive ketones (excluding diaryl/α,β-unsaturated/α-hetero) is 1. The fourth-order valence-electron chi connectivity index (χ4n) is 4.29. The van der Waals surface area contributed by atoms with Gasteiger partial charge in [-0.2, -0.15) is 0 Å². The maximum atomic E-state index is 13.1. The van der Waals surface area contributed by atoms with E-state index in [-0.39, 0.29) is 11.6 Å². The number of benzene rings is 2. The Bertz CT molecular complexity index is 985. The van der Waals surface area contributed by atoms with Crippen molar-refractivity contribution in [1.29, 1.82) is 0 Å². The smallest absolute Gasteiger partial charge is 0.328 e. The van der Waals surface area contributed by atoms with Crippen LogP contribution in [-0.4, -0.2) is 40.4 Å². The molecular formula is C24H24FNO4. The Morgan fingerprint density at radius 1 is 1.17 bits per heavy atom. The van der Waals surface area contributed by atoms with Crippen LogP contribution in [0.15, 0.2) is 48.5 Å². The van der Waals surface area contributed by atoms with Gasteiger partial charge in [-0.05, 0) is 60.9 Å². The van der Waals surface area contributed by atoms with Crippen LogP contribution >= 0.6 is 0 Å². The third-order valence-electron chi connectivity index (χ3n) is 5.84. The van der Waals surface area contributed by atoms with E-state index in [9.17, 15) is 14.0 Å². The van der Waals surface area contributed by atoms with Gasteiger partial charge in [-0.25, -0.2) is 9.18 Å². The third-order valence-corrected chi connectivity index (χ3v) is 5.84. The Kier molecular flexibility index (Phi) is 5.68. The topological polar surface area (TPSA) is 66.8 Å². The summed E-state index contributed by atoms with van der Waals surface area (Å²) in [7, 11) is 0. The van der Waals surface area contributed by atoms with Gasteiger partial charge >= 0.3 is 5.97 Å². The molecule has 0 aliphatic carbocycles. The first-order chi connectivity index (χ1) is 14.4. The third kappa shape index (κ3) is 4.60. The molecule has 0 bridgehead atoms. The zero-order chi connectivity index (χ0) is 21.1. The minimum absolute atomic E-state index is 0.0359. The van der Waals surface area contributed by atoms with Crippen molar-refractivity contribution < 1.29 is 23.8 Å². The maximum absolute atomic E-state index is 13.1. The largest absolute Gasteiger partial charge is 0.486 e. The lowest BCUT2D eigenvalue weighted by Gasteiger charge is -2.37. The first-order valence-electron chi connectivity index (χ1n) is 10.2. The molecule has 1 atom stereocenters. The molecule has 2 aromatic carbocycles. The van der Waals surface area contributed by atoms with Crippen molar-refractivity contribution in [3.05, 3.63) is 71.0 Å². The summed E-state index contributed by atoms with van der Waals surface area (Å²) in [6.07, 6.45) is 5.33. The summed E-state index contributed by atoms with van der Waals surface area (Å²) >= 11 is 0. The lowest BCUT2D eigenvalue weighted by Crippen LogP contribution is -2.42. The number of fused-ring (bicyclic) bond motifs is 1. The van der Waals surface area contributed by atoms with E-state index in [0.717, 1.165) is 50.5 Å². The Hall–Kier alpha value is -2.99. The Labute approximate surface area is 174 Å². The quantitative estimate of drug-likeness (QED) is 0.762. The summed E-state index contributed by atoms with van der Waals surface area (Å²) in [5.41, 5.74) is 1.75. The predicted octanol–water partition coefficient (Wildman–Crippen LogP) is 4.31. The van der Waals surface area contributed by atoms with Crippen molar-refractivity contribution >= 4 is 17.8 Å². The first kappa shape index (κ1) is 20.3. The van der Waals surface area contributed by atoms with Crippen molar-refractivity contribution in [2.45, 2.75) is 37.8 Å². The Morgan fingerprint density at radius 2 is 1.97 bits per heavy atom. The molecule has 6 heteroatoms. The molecule has 2 aliphatic heterocycles. The lowest BCUT2D eigenvalue weighted by molar-refractivity contribution is -0.131. The van der Waals surface area contributed by atoms with Crippen molar-refractivity contribution in [3.8, 4) is 5.75 Å². The summed E-state index contributed by atoms with van der Waals surface area (Å²) in [4.78, 5) is 25.9. The second kappa shape index (κ2) is 8.40. The van der Waals surface area contributed by atoms with Crippen molar-refractivity contribution in [2.24, 2.45) is 0 Å². The molecule has 0 radical (unpaired) electrons. The summed E-state index contributed by atoms with van der Waals surface area (Å²) in [6, 6.07) is 11.8. The second-order valence-electron chi connectivity index (χ2n) is 8.07. The van der Waals surface area contributed by atoms with E-state index in [1.54, 1.807) is 18.2 Å². The lowest BCUT2D eigenvalue weighted by atomic mass is 9.84. The molecule has 0 amide bonds. The first-order valence-corrected chi connectivity index (χ1v) is 10.2. The van der Waals surface area contributed by atoms with Crippen LogP contribution in [0.2, 0.25) is 0 Å². The highest BCUT2D eigenvalue weighted by molar-refractivity contribution is 6.01. The van der Waals surface area contributed by atoms with Crippen LogP contribution in [0, 0.1) is 5.82 Å². The second-order valence-corrected chi connectivity index (χ2v) is 8.07. The molecule has 1 N–H and O–H groups in total. The summed E-state index contributed by atoms with van der Waals surface area (Å²) in [5, 5.41) is 8.79. The molecule has 1 saturated heterocycles. The normalized spacial score (nSPS) is 22.0. The minimum atomic E-state index is -1.03. The average Bonchev–Trinajstić information content (AvgIpc) is 2.90. The van der Waals surface area contributed by atoms with Crippen LogP contribution in [0.3, 0.4) is 0 Å². The summed E-state index contributed by atoms with van der Waals surface area (Å²) < 4.78 is 19.5. The molecule has 1 unspecified atom stereocenters. The molecule has 2 heterocycles. The number of hydrogen-bond acceptors (Lipinski definition) is 4. The van der Waals surface area contributed by atoms with Gasteiger partial charge in [0.25, 0.3) is 0 Å². The number of rotatable bonds is 4. The average molecular weight is 409 g/mol. The molecule has 2 aliphatic rings. The molecule has 1 fully saturated rings. The highest BCUT2D eigenvalue weighted by Gasteiger charge is 2.41. The SMILES string of the molecule is O=C(O)C=Cc1ccc2c(c1)C(=O)CC1(CCCN(Cc3ccc(F)cc3)CC1)O2. The van der Waals surface area contributed by atoms with Gasteiger partial charge in [-0.15, -0.1) is 0 Å². The molecule has 4 rings (SSSR count). The van der Waals surface area contributed by atoms with Gasteiger partial charge in [0.05, 0.1) is 12.0 Å². The summed E-state index contributed by atoms with van der Waals surface area (Å²) in [6.45, 7) is 2.46. The van der Waals surface area contributed by atoms with Gasteiger partial charge in [0.2, 0.25) is 0 Å². The van der Waals surface area contributed by atoms with Crippen molar-refractivity contribution in [1.82, 2.24) is 4.90 Å². The van der Waals surface area contributed by atoms with E-state index in [1.807, 2.05) is 12.1 Å². The number of carbonyl (C=O) groups excluding carboxylic acids is 1. The van der Waals surface area contributed by atoms with E-state index < -0.39 is 11.6 Å². The van der Waals surface area contributed by atoms with Crippen LogP contribution < -0.4 is 4.74 Å². The number of hydrogen-bond donors (Lipinski definition) is 1. The van der Waals surface area contributed by atoms with Crippen molar-refractivity contribution in [2.75, 3.05) is 13.1 Å². The van der Waals surface area contributed by atoms with Crippen molar-refractivity contribution in [3.63, 3.8) is 0 Å². The number of nitrogens with zero attached hydrogens (tertiary/aromatic N) is 1. The number of likely N-dealkylation sites (tertiary alicyclic amines) is 1. The summed E-state index contributed by atoms with van der Waals surface area (Å²) in [5.74, 6) is -0.652. The number of aliphatic carboxylic acids is 1. The van der Waals surface area contributed by atoms with E-state index in [2.05, 4.69) is 4.90 Å². The van der Waals surface area contributed by atoms with Crippen LogP contribution in [0.4, 0.5) is 4.39 Å². The van der Waals surface area contributed by atoms with Crippen LogP contribution in [-0.2, 0) is 11.3 Å². The van der Waals surface area contributed by atoms with E-state index >= 15 is 0 Å². The van der Waals surface area contributed by atoms with Gasteiger partial charge in [0.15, 0.2) is 5.78 Å². The predicted molar refractivity (Wildman–Crippen MR) is 111 cm³/mol. The van der Waals surface area contributed by atoms with Gasteiger partial charge in [0.1, 0.15) is 17.2 Å². The van der Waals surface area contributed by atoms with Gasteiger partial charge in [-0.1, -0.05) is 18.2 Å². The van der Waals surface area contributed by atoms with Gasteiger partial charge in [-0.3, -0.25) is 9.69 Å². The highest BCUT2D eigenvalue weighted by atomic mass is 19.1. The minimum Gasteiger partial charge on any atom is -0.486 e. The highest BCUT2D eigenvalue weighted by Crippen LogP contribution is 2.40. The molecule has 5 nitrogen and oxygen atoms in total. The molecule has 30 heavy (non-hydrogen) atoms. The fraction of sp³-hybridized carbons (Fsp3) is 0.333. The van der Waals surface area contributed by atoms with E-state index in [0.29, 0.717) is 23.3 Å². The van der Waals surface area contributed by atoms with Gasteiger partial charge < -0.3 is 9.84 Å². The monoisotopic (exact) mass is 409 g/mol. The van der Waals surface area contributed by atoms with Gasteiger partial charge in [0, 0.05) is 25.6 Å². The number of carboxylic acid groups (broad SMARTS) is 1. The molecular weight excluding hydrogens is 385 g/mol. The van der Waals surface area contributed by atoms with E-state index in [1.165, 1.54) is 18.2 Å². The molecule has 0 saturated carbocycles. The zero-order valence-electron chi connectivity index (χ0n) is 16.6. The zero-order valence-corrected chi connectivity index (χ0v) is 16.6. The molecule has 0 aromatic heterocycles. The van der Waals surface area contributed by atoms with Crippen LogP contribution in [0.1, 0.15) is 47.2 Å². The number of carboxylic acids is 1. The van der Waals surface area contributed by atoms with E-state index in [4.69, 9.17) is 9.84 Å². The molecule has 156 valence electrons. The number of carbonyl (C=O) groups is 2. The standard InChI is InChI=1S/C24H24FNO4/c25-19-6-2-18(3-7-19)16-26-12-1-10-24(11-13-26)15-21(27)20-14-17(5-9-23(28)29)4-8-22(20)30-24/h2-9,14H,1,10-13,15-16H2,(H,28,29). The number of ether oxygens (including phenoxy) is 1. The molecule has 1 spiro atoms. The Morgan fingerprint density at radius 3 is 2.73 bits per heavy atom. The fourth-order valence-corrected chi connectivity index (χ4v) is 4.29. The maximum Gasteiger partial charge on any atom is 0.328 e. The van der Waals surface area contributed by atoms with Crippen LogP contribution in [0.5, 0.6) is 5.75 Å². The molecule has 2 aromatic rings. The number of ketones is 1. The van der Waals surface area contributed by atoms with Crippen LogP contribution in [0.25, 0.3) is 6.08 Å². The number of halogens is 1.